The first-order valence-corrected chi connectivity index (χ1v) is 6.49. The molecule has 0 atom stereocenters. The van der Waals surface area contributed by atoms with Gasteiger partial charge in [0.05, 0.1) is 0 Å². The van der Waals surface area contributed by atoms with Crippen molar-refractivity contribution in [3.05, 3.63) is 53.6 Å². The fourth-order valence-corrected chi connectivity index (χ4v) is 1.75. The van der Waals surface area contributed by atoms with Gasteiger partial charge in [0, 0.05) is 11.8 Å². The second kappa shape index (κ2) is 6.09. The van der Waals surface area contributed by atoms with Crippen molar-refractivity contribution >= 4 is 11.6 Å². The Balaban J connectivity index is 2.14. The molecule has 0 aliphatic rings. The number of aryl methyl sites for hydroxylation is 2. The standard InChI is InChI=1S/C16H14F3NO2/c1-10-6-7-14(8-11(10)2)22-13-5-3-4-12(9-13)20-15(21)16(17,18)19/h3-9H,1-2H3,(H,20,21). The van der Waals surface area contributed by atoms with E-state index in [4.69, 9.17) is 4.74 Å². The molecule has 0 heterocycles. The molecule has 1 amide bonds. The first kappa shape index (κ1) is 15.9. The van der Waals surface area contributed by atoms with Gasteiger partial charge >= 0.3 is 12.1 Å². The molecule has 116 valence electrons. The van der Waals surface area contributed by atoms with Gasteiger partial charge in [0.1, 0.15) is 11.5 Å². The summed E-state index contributed by atoms with van der Waals surface area (Å²) < 4.78 is 42.3. The fraction of sp³-hybridized carbons (Fsp3) is 0.188. The van der Waals surface area contributed by atoms with Crippen LogP contribution in [0.25, 0.3) is 0 Å². The van der Waals surface area contributed by atoms with Crippen LogP contribution in [0.5, 0.6) is 11.5 Å². The van der Waals surface area contributed by atoms with Crippen LogP contribution in [0.4, 0.5) is 18.9 Å². The molecule has 0 bridgehead atoms. The highest BCUT2D eigenvalue weighted by Gasteiger charge is 2.38. The van der Waals surface area contributed by atoms with E-state index in [1.54, 1.807) is 17.4 Å². The van der Waals surface area contributed by atoms with Gasteiger partial charge in [0.2, 0.25) is 0 Å². The highest BCUT2D eigenvalue weighted by Crippen LogP contribution is 2.26. The van der Waals surface area contributed by atoms with Crippen LogP contribution in [0.1, 0.15) is 11.1 Å². The minimum Gasteiger partial charge on any atom is -0.457 e. The highest BCUT2D eigenvalue weighted by molar-refractivity contribution is 5.95. The number of hydrogen-bond donors (Lipinski definition) is 1. The lowest BCUT2D eigenvalue weighted by Crippen LogP contribution is -2.29. The van der Waals surface area contributed by atoms with E-state index in [-0.39, 0.29) is 5.69 Å². The maximum Gasteiger partial charge on any atom is 0.471 e. The minimum atomic E-state index is -4.93. The van der Waals surface area contributed by atoms with Crippen LogP contribution >= 0.6 is 0 Å². The van der Waals surface area contributed by atoms with Crippen LogP contribution in [0, 0.1) is 13.8 Å². The van der Waals surface area contributed by atoms with Gasteiger partial charge in [-0.15, -0.1) is 0 Å². The lowest BCUT2D eigenvalue weighted by molar-refractivity contribution is -0.167. The molecule has 0 fully saturated rings. The zero-order valence-electron chi connectivity index (χ0n) is 12.0. The molecule has 2 aromatic carbocycles. The van der Waals surface area contributed by atoms with E-state index >= 15 is 0 Å². The molecule has 0 aliphatic heterocycles. The van der Waals surface area contributed by atoms with Crippen molar-refractivity contribution < 1.29 is 22.7 Å². The molecule has 1 N–H and O–H groups in total. The largest absolute Gasteiger partial charge is 0.471 e. The number of carbonyl (C=O) groups excluding carboxylic acids is 1. The van der Waals surface area contributed by atoms with E-state index in [1.165, 1.54) is 18.2 Å². The number of benzene rings is 2. The summed E-state index contributed by atoms with van der Waals surface area (Å²) in [6, 6.07) is 11.3. The van der Waals surface area contributed by atoms with Gasteiger partial charge in [-0.2, -0.15) is 13.2 Å². The monoisotopic (exact) mass is 309 g/mol. The summed E-state index contributed by atoms with van der Waals surface area (Å²) in [6.07, 6.45) is -4.93. The van der Waals surface area contributed by atoms with Crippen molar-refractivity contribution in [3.63, 3.8) is 0 Å². The topological polar surface area (TPSA) is 38.3 Å². The predicted molar refractivity (Wildman–Crippen MR) is 77.1 cm³/mol. The Morgan fingerprint density at radius 2 is 1.68 bits per heavy atom. The zero-order chi connectivity index (χ0) is 16.3. The van der Waals surface area contributed by atoms with Gasteiger partial charge in [-0.05, 0) is 49.2 Å². The molecule has 6 heteroatoms. The van der Waals surface area contributed by atoms with Crippen LogP contribution in [-0.4, -0.2) is 12.1 Å². The summed E-state index contributed by atoms with van der Waals surface area (Å²) in [5.74, 6) is -1.11. The van der Waals surface area contributed by atoms with Crippen molar-refractivity contribution in [2.45, 2.75) is 20.0 Å². The Morgan fingerprint density at radius 1 is 1.00 bits per heavy atom. The zero-order valence-corrected chi connectivity index (χ0v) is 12.0. The number of carbonyl (C=O) groups is 1. The number of ether oxygens (including phenoxy) is 1. The van der Waals surface area contributed by atoms with Crippen LogP contribution in [0.2, 0.25) is 0 Å². The van der Waals surface area contributed by atoms with Crippen molar-refractivity contribution in [1.82, 2.24) is 0 Å². The number of halogens is 3. The fourth-order valence-electron chi connectivity index (χ4n) is 1.75. The first-order chi connectivity index (χ1) is 10.3. The molecule has 0 aliphatic carbocycles. The molecular weight excluding hydrogens is 295 g/mol. The number of alkyl halides is 3. The van der Waals surface area contributed by atoms with E-state index in [0.29, 0.717) is 11.5 Å². The van der Waals surface area contributed by atoms with Crippen molar-refractivity contribution in [2.75, 3.05) is 5.32 Å². The average molecular weight is 309 g/mol. The Morgan fingerprint density at radius 3 is 2.32 bits per heavy atom. The second-order valence-electron chi connectivity index (χ2n) is 4.83. The SMILES string of the molecule is Cc1ccc(Oc2cccc(NC(=O)C(F)(F)F)c2)cc1C. The Bertz CT molecular complexity index is 696. The number of rotatable bonds is 3. The number of anilines is 1. The lowest BCUT2D eigenvalue weighted by Gasteiger charge is -2.11. The smallest absolute Gasteiger partial charge is 0.457 e. The molecule has 2 rings (SSSR count). The van der Waals surface area contributed by atoms with Gasteiger partial charge in [-0.3, -0.25) is 4.79 Å². The molecule has 3 nitrogen and oxygen atoms in total. The molecule has 0 aromatic heterocycles. The number of amides is 1. The maximum absolute atomic E-state index is 12.2. The van der Waals surface area contributed by atoms with Crippen molar-refractivity contribution in [2.24, 2.45) is 0 Å². The predicted octanol–water partition coefficient (Wildman–Crippen LogP) is 4.60. The lowest BCUT2D eigenvalue weighted by atomic mass is 10.1. The van der Waals surface area contributed by atoms with Crippen LogP contribution < -0.4 is 10.1 Å². The third-order valence-corrected chi connectivity index (χ3v) is 3.06. The molecular formula is C16H14F3NO2. The van der Waals surface area contributed by atoms with Crippen LogP contribution in [0.3, 0.4) is 0 Å². The summed E-state index contributed by atoms with van der Waals surface area (Å²) in [4.78, 5) is 10.9. The van der Waals surface area contributed by atoms with Crippen molar-refractivity contribution in [1.29, 1.82) is 0 Å². The summed E-state index contributed by atoms with van der Waals surface area (Å²) in [5.41, 5.74) is 2.17. The van der Waals surface area contributed by atoms with Gasteiger partial charge in [0.25, 0.3) is 0 Å². The van der Waals surface area contributed by atoms with Gasteiger partial charge < -0.3 is 10.1 Å². The third kappa shape index (κ3) is 4.00. The van der Waals surface area contributed by atoms with E-state index in [2.05, 4.69) is 0 Å². The summed E-state index contributed by atoms with van der Waals surface area (Å²) in [5, 5.41) is 1.78. The third-order valence-electron chi connectivity index (χ3n) is 3.06. The second-order valence-corrected chi connectivity index (χ2v) is 4.83. The van der Waals surface area contributed by atoms with Crippen molar-refractivity contribution in [3.8, 4) is 11.5 Å². The van der Waals surface area contributed by atoms with E-state index in [1.807, 2.05) is 26.0 Å². The molecule has 22 heavy (non-hydrogen) atoms. The normalized spacial score (nSPS) is 11.1. The first-order valence-electron chi connectivity index (χ1n) is 6.49. The maximum atomic E-state index is 12.2. The van der Waals surface area contributed by atoms with E-state index in [9.17, 15) is 18.0 Å². The van der Waals surface area contributed by atoms with Gasteiger partial charge in [-0.1, -0.05) is 12.1 Å². The molecule has 2 aromatic rings. The molecule has 0 saturated heterocycles. The molecule has 0 unspecified atom stereocenters. The quantitative estimate of drug-likeness (QED) is 0.900. The Hall–Kier alpha value is -2.50. The molecule has 0 saturated carbocycles. The summed E-state index contributed by atoms with van der Waals surface area (Å²) >= 11 is 0. The molecule has 0 radical (unpaired) electrons. The van der Waals surface area contributed by atoms with Crippen LogP contribution in [-0.2, 0) is 4.79 Å². The van der Waals surface area contributed by atoms with E-state index < -0.39 is 12.1 Å². The Kier molecular flexibility index (Phi) is 4.40. The number of hydrogen-bond acceptors (Lipinski definition) is 2. The summed E-state index contributed by atoms with van der Waals surface area (Å²) in [7, 11) is 0. The summed E-state index contributed by atoms with van der Waals surface area (Å²) in [6.45, 7) is 3.90. The average Bonchev–Trinajstić information content (AvgIpc) is 2.42. The van der Waals surface area contributed by atoms with Gasteiger partial charge in [0.15, 0.2) is 0 Å². The van der Waals surface area contributed by atoms with Gasteiger partial charge in [-0.25, -0.2) is 0 Å². The molecule has 0 spiro atoms. The van der Waals surface area contributed by atoms with Crippen LogP contribution in [0.15, 0.2) is 42.5 Å². The van der Waals surface area contributed by atoms with E-state index in [0.717, 1.165) is 11.1 Å². The minimum absolute atomic E-state index is 0.0173. The highest BCUT2D eigenvalue weighted by atomic mass is 19.4. The number of nitrogens with one attached hydrogen (secondary N) is 1. The Labute approximate surface area is 125 Å².